The number of likely N-dealkylation sites (tertiary alicyclic amines) is 1. The second-order valence-corrected chi connectivity index (χ2v) is 8.83. The van der Waals surface area contributed by atoms with Gasteiger partial charge in [0.15, 0.2) is 5.78 Å². The van der Waals surface area contributed by atoms with Gasteiger partial charge in [-0.25, -0.2) is 4.79 Å². The third kappa shape index (κ3) is 4.93. The lowest BCUT2D eigenvalue weighted by molar-refractivity contribution is -0.132. The first kappa shape index (κ1) is 23.0. The average Bonchev–Trinajstić information content (AvgIpc) is 2.85. The number of hydrogen-bond donors (Lipinski definition) is 0. The number of hydrogen-bond acceptors (Lipinski definition) is 5. The summed E-state index contributed by atoms with van der Waals surface area (Å²) in [5, 5.41) is 0. The second-order valence-electron chi connectivity index (χ2n) is 8.83. The molecule has 0 unspecified atom stereocenters. The van der Waals surface area contributed by atoms with Crippen LogP contribution in [0.2, 0.25) is 0 Å². The van der Waals surface area contributed by atoms with E-state index in [1.165, 1.54) is 0 Å². The number of carbonyl (C=O) groups excluding carboxylic acids is 3. The Labute approximate surface area is 194 Å². The third-order valence-corrected chi connectivity index (χ3v) is 6.96. The summed E-state index contributed by atoms with van der Waals surface area (Å²) in [6.45, 7) is 7.18. The van der Waals surface area contributed by atoms with Gasteiger partial charge in [-0.15, -0.1) is 0 Å². The van der Waals surface area contributed by atoms with Crippen molar-refractivity contribution in [1.82, 2.24) is 14.7 Å². The Morgan fingerprint density at radius 3 is 1.91 bits per heavy atom. The van der Waals surface area contributed by atoms with E-state index in [1.54, 1.807) is 30.9 Å². The van der Waals surface area contributed by atoms with Crippen LogP contribution < -0.4 is 4.74 Å². The number of carbonyl (C=O) groups is 3. The first-order valence-corrected chi connectivity index (χ1v) is 11.5. The number of ketones is 1. The van der Waals surface area contributed by atoms with Gasteiger partial charge in [-0.05, 0) is 37.5 Å². The normalized spacial score (nSPS) is 18.6. The van der Waals surface area contributed by atoms with E-state index in [4.69, 9.17) is 4.74 Å². The van der Waals surface area contributed by atoms with Crippen molar-refractivity contribution in [2.75, 3.05) is 39.3 Å². The Kier molecular flexibility index (Phi) is 6.79. The highest BCUT2D eigenvalue weighted by Crippen LogP contribution is 2.40. The summed E-state index contributed by atoms with van der Waals surface area (Å²) >= 11 is 0. The quantitative estimate of drug-likeness (QED) is 0.668. The van der Waals surface area contributed by atoms with Crippen molar-refractivity contribution < 1.29 is 19.1 Å². The van der Waals surface area contributed by atoms with Crippen LogP contribution in [0.25, 0.3) is 0 Å². The molecule has 0 bridgehead atoms. The Balaban J connectivity index is 1.49. The maximum Gasteiger partial charge on any atom is 0.415 e. The summed E-state index contributed by atoms with van der Waals surface area (Å²) in [7, 11) is 0. The largest absolute Gasteiger partial charge is 0.415 e. The highest BCUT2D eigenvalue weighted by Gasteiger charge is 2.43. The van der Waals surface area contributed by atoms with Crippen molar-refractivity contribution in [2.45, 2.75) is 32.2 Å². The third-order valence-electron chi connectivity index (χ3n) is 6.96. The summed E-state index contributed by atoms with van der Waals surface area (Å²) in [4.78, 5) is 42.4. The Morgan fingerprint density at radius 1 is 0.758 bits per heavy atom. The van der Waals surface area contributed by atoms with Gasteiger partial charge in [0.1, 0.15) is 5.75 Å². The van der Waals surface area contributed by atoms with Crippen molar-refractivity contribution >= 4 is 17.8 Å². The molecule has 0 spiro atoms. The van der Waals surface area contributed by atoms with Gasteiger partial charge in [0.2, 0.25) is 5.91 Å². The number of para-hydroxylation sites is 1. The number of rotatable bonds is 4. The summed E-state index contributed by atoms with van der Waals surface area (Å²) < 4.78 is 5.51. The van der Waals surface area contributed by atoms with Gasteiger partial charge in [0.25, 0.3) is 0 Å². The molecule has 2 aliphatic rings. The fourth-order valence-electron chi connectivity index (χ4n) is 4.97. The van der Waals surface area contributed by atoms with Crippen molar-refractivity contribution in [3.63, 3.8) is 0 Å². The van der Waals surface area contributed by atoms with Crippen LogP contribution in [0.15, 0.2) is 54.6 Å². The Hall–Kier alpha value is -3.19. The highest BCUT2D eigenvalue weighted by atomic mass is 16.6. The lowest BCUT2D eigenvalue weighted by atomic mass is 9.78. The molecule has 0 saturated carbocycles. The maximum absolute atomic E-state index is 12.6. The van der Waals surface area contributed by atoms with E-state index in [-0.39, 0.29) is 23.3 Å². The molecule has 33 heavy (non-hydrogen) atoms. The molecule has 0 aliphatic carbocycles. The summed E-state index contributed by atoms with van der Waals surface area (Å²) in [5.74, 6) is 0.695. The van der Waals surface area contributed by atoms with E-state index in [2.05, 4.69) is 17.0 Å². The first-order valence-electron chi connectivity index (χ1n) is 11.5. The monoisotopic (exact) mass is 449 g/mol. The summed E-state index contributed by atoms with van der Waals surface area (Å²) in [6.07, 6.45) is 1.31. The first-order chi connectivity index (χ1) is 15.9. The van der Waals surface area contributed by atoms with Gasteiger partial charge in [-0.2, -0.15) is 0 Å². The predicted molar refractivity (Wildman–Crippen MR) is 125 cm³/mol. The van der Waals surface area contributed by atoms with Crippen LogP contribution in [-0.2, 0) is 10.3 Å². The van der Waals surface area contributed by atoms with Gasteiger partial charge < -0.3 is 14.5 Å². The molecule has 7 nitrogen and oxygen atoms in total. The second kappa shape index (κ2) is 9.75. The van der Waals surface area contributed by atoms with Crippen molar-refractivity contribution in [1.29, 1.82) is 0 Å². The smallest absolute Gasteiger partial charge is 0.410 e. The van der Waals surface area contributed by atoms with Crippen molar-refractivity contribution in [3.8, 4) is 5.75 Å². The highest BCUT2D eigenvalue weighted by molar-refractivity contribution is 5.94. The van der Waals surface area contributed by atoms with Crippen LogP contribution in [0, 0.1) is 0 Å². The van der Waals surface area contributed by atoms with E-state index in [0.717, 1.165) is 31.5 Å². The van der Waals surface area contributed by atoms with Gasteiger partial charge in [-0.1, -0.05) is 42.5 Å². The zero-order chi connectivity index (χ0) is 23.4. The van der Waals surface area contributed by atoms with E-state index >= 15 is 0 Å². The van der Waals surface area contributed by atoms with Crippen LogP contribution in [0.5, 0.6) is 5.75 Å². The molecule has 7 heteroatoms. The van der Waals surface area contributed by atoms with Crippen LogP contribution >= 0.6 is 0 Å². The lowest BCUT2D eigenvalue weighted by Gasteiger charge is -2.51. The maximum atomic E-state index is 12.6. The average molecular weight is 450 g/mol. The zero-order valence-corrected chi connectivity index (χ0v) is 19.3. The molecular weight excluding hydrogens is 418 g/mol. The van der Waals surface area contributed by atoms with Gasteiger partial charge in [0, 0.05) is 57.3 Å². The Morgan fingerprint density at radius 2 is 1.36 bits per heavy atom. The number of Topliss-reactive ketones (excluding diaryl/α,β-unsaturated/α-hetero) is 1. The summed E-state index contributed by atoms with van der Waals surface area (Å²) in [6, 6.07) is 17.0. The van der Waals surface area contributed by atoms with Crippen LogP contribution in [-0.4, -0.2) is 71.8 Å². The number of nitrogens with zero attached hydrogens (tertiary/aromatic N) is 3. The minimum absolute atomic E-state index is 0.0486. The number of amides is 2. The molecule has 0 N–H and O–H groups in total. The molecule has 2 aromatic carbocycles. The molecule has 0 atom stereocenters. The van der Waals surface area contributed by atoms with Crippen LogP contribution in [0.1, 0.15) is 42.6 Å². The molecule has 2 fully saturated rings. The SMILES string of the molecule is CC(=O)c1ccc(C2(N3CCN(C(=O)Oc4ccccc4)CC3)CCN(C(C)=O)CC2)cc1. The fraction of sp³-hybridized carbons (Fsp3) is 0.423. The lowest BCUT2D eigenvalue weighted by Crippen LogP contribution is -2.60. The minimum atomic E-state index is -0.327. The molecule has 4 rings (SSSR count). The Bertz CT molecular complexity index is 990. The van der Waals surface area contributed by atoms with E-state index in [0.29, 0.717) is 37.5 Å². The predicted octanol–water partition coefficient (Wildman–Crippen LogP) is 3.54. The number of benzene rings is 2. The van der Waals surface area contributed by atoms with E-state index in [9.17, 15) is 14.4 Å². The molecule has 174 valence electrons. The number of piperidine rings is 1. The molecule has 2 aromatic rings. The van der Waals surface area contributed by atoms with Crippen molar-refractivity contribution in [2.24, 2.45) is 0 Å². The standard InChI is InChI=1S/C26H31N3O4/c1-20(30)22-8-10-23(11-9-22)26(12-14-27(15-13-26)21(2)31)29-18-16-28(17-19-29)25(32)33-24-6-4-3-5-7-24/h3-11H,12-19H2,1-2H3. The minimum Gasteiger partial charge on any atom is -0.410 e. The van der Waals surface area contributed by atoms with E-state index < -0.39 is 0 Å². The molecule has 2 amide bonds. The van der Waals surface area contributed by atoms with Gasteiger partial charge >= 0.3 is 6.09 Å². The number of ether oxygens (including phenoxy) is 1. The fourth-order valence-corrected chi connectivity index (χ4v) is 4.97. The number of piperazine rings is 1. The molecule has 0 aromatic heterocycles. The topological polar surface area (TPSA) is 70.2 Å². The van der Waals surface area contributed by atoms with Gasteiger partial charge in [-0.3, -0.25) is 14.5 Å². The van der Waals surface area contributed by atoms with Crippen molar-refractivity contribution in [3.05, 3.63) is 65.7 Å². The van der Waals surface area contributed by atoms with Gasteiger partial charge in [0.05, 0.1) is 0 Å². The molecule has 2 aliphatic heterocycles. The molecule has 0 radical (unpaired) electrons. The van der Waals surface area contributed by atoms with Crippen LogP contribution in [0.3, 0.4) is 0 Å². The zero-order valence-electron chi connectivity index (χ0n) is 19.3. The molecular formula is C26H31N3O4. The van der Waals surface area contributed by atoms with Crippen LogP contribution in [0.4, 0.5) is 4.79 Å². The summed E-state index contributed by atoms with van der Waals surface area (Å²) in [5.41, 5.74) is 1.64. The molecule has 2 heterocycles. The molecule has 2 saturated heterocycles. The van der Waals surface area contributed by atoms with E-state index in [1.807, 2.05) is 35.2 Å².